The van der Waals surface area contributed by atoms with Gasteiger partial charge in [0, 0.05) is 16.3 Å². The highest BCUT2D eigenvalue weighted by Crippen LogP contribution is 2.47. The Balaban J connectivity index is 1.17. The Morgan fingerprint density at radius 3 is 1.34 bits per heavy atom. The predicted molar refractivity (Wildman–Crippen MR) is 225 cm³/mol. The molecular weight excluding hydrogens is 641 g/mol. The molecule has 11 aromatic rings. The molecule has 1 aromatic heterocycles. The number of rotatable bonds is 4. The molecule has 1 nitrogen and oxygen atoms in total. The van der Waals surface area contributed by atoms with Crippen LogP contribution in [0.3, 0.4) is 0 Å². The summed E-state index contributed by atoms with van der Waals surface area (Å²) in [6, 6.07) is 70.6. The van der Waals surface area contributed by atoms with Gasteiger partial charge in [0.25, 0.3) is 0 Å². The normalized spacial score (nSPS) is 11.8. The second kappa shape index (κ2) is 11.8. The minimum atomic E-state index is 0.903. The van der Waals surface area contributed by atoms with Crippen molar-refractivity contribution in [1.82, 2.24) is 0 Å². The van der Waals surface area contributed by atoms with Gasteiger partial charge in [-0.15, -0.1) is 0 Å². The fourth-order valence-corrected chi connectivity index (χ4v) is 8.60. The molecule has 0 amide bonds. The Morgan fingerprint density at radius 1 is 0.264 bits per heavy atom. The Morgan fingerprint density at radius 2 is 0.736 bits per heavy atom. The highest BCUT2D eigenvalue weighted by Gasteiger charge is 2.20. The molecule has 0 fully saturated rings. The van der Waals surface area contributed by atoms with Crippen molar-refractivity contribution in [3.05, 3.63) is 194 Å². The van der Waals surface area contributed by atoms with Crippen LogP contribution in [0.5, 0.6) is 0 Å². The van der Waals surface area contributed by atoms with Gasteiger partial charge in [0.2, 0.25) is 0 Å². The lowest BCUT2D eigenvalue weighted by molar-refractivity contribution is 0.670. The zero-order valence-electron chi connectivity index (χ0n) is 28.9. The van der Waals surface area contributed by atoms with Crippen LogP contribution >= 0.6 is 0 Å². The van der Waals surface area contributed by atoms with Crippen LogP contribution in [-0.4, -0.2) is 0 Å². The van der Waals surface area contributed by atoms with E-state index in [2.05, 4.69) is 188 Å². The average Bonchev–Trinajstić information content (AvgIpc) is 3.61. The van der Waals surface area contributed by atoms with Gasteiger partial charge in [-0.25, -0.2) is 0 Å². The molecule has 0 aliphatic heterocycles. The van der Waals surface area contributed by atoms with Gasteiger partial charge in [0.1, 0.15) is 11.2 Å². The summed E-state index contributed by atoms with van der Waals surface area (Å²) in [5.41, 5.74) is 11.3. The number of benzene rings is 10. The summed E-state index contributed by atoms with van der Waals surface area (Å²) in [7, 11) is 0. The van der Waals surface area contributed by atoms with Crippen molar-refractivity contribution in [2.45, 2.75) is 0 Å². The highest BCUT2D eigenvalue weighted by atomic mass is 16.3. The van der Waals surface area contributed by atoms with Crippen molar-refractivity contribution in [3.63, 3.8) is 0 Å². The second-order valence-electron chi connectivity index (χ2n) is 14.0. The van der Waals surface area contributed by atoms with Crippen LogP contribution in [0.25, 0.3) is 110 Å². The van der Waals surface area contributed by atoms with E-state index in [9.17, 15) is 0 Å². The average molecular weight is 673 g/mol. The van der Waals surface area contributed by atoms with Crippen molar-refractivity contribution >= 4 is 65.0 Å². The largest absolute Gasteiger partial charge is 0.455 e. The maximum Gasteiger partial charge on any atom is 0.143 e. The SMILES string of the molecule is c1cc(-c2ccc3c(oc4ccccc43)c2-c2ccc3ccccc3c2)cc(-c2c3ccccc3c(-c3ccc4ccccc4c3)c3ccccc23)c1. The Hall–Kier alpha value is -6.96. The first kappa shape index (κ1) is 29.7. The van der Waals surface area contributed by atoms with E-state index in [1.54, 1.807) is 0 Å². The van der Waals surface area contributed by atoms with E-state index in [0.29, 0.717) is 0 Å². The van der Waals surface area contributed by atoms with Gasteiger partial charge in [0.05, 0.1) is 0 Å². The number of hydrogen-bond acceptors (Lipinski definition) is 1. The molecule has 0 aliphatic carbocycles. The van der Waals surface area contributed by atoms with Crippen LogP contribution in [0, 0.1) is 0 Å². The third-order valence-corrected chi connectivity index (χ3v) is 11.0. The Kier molecular flexibility index (Phi) is 6.62. The lowest BCUT2D eigenvalue weighted by atomic mass is 9.84. The third-order valence-electron chi connectivity index (χ3n) is 11.0. The predicted octanol–water partition coefficient (Wildman–Crippen LogP) is 14.9. The Bertz CT molecular complexity index is 3180. The van der Waals surface area contributed by atoms with Crippen molar-refractivity contribution in [3.8, 4) is 44.5 Å². The molecule has 246 valence electrons. The Labute approximate surface area is 307 Å². The van der Waals surface area contributed by atoms with Gasteiger partial charge in [0.15, 0.2) is 0 Å². The maximum absolute atomic E-state index is 6.72. The van der Waals surface area contributed by atoms with Crippen LogP contribution in [-0.2, 0) is 0 Å². The molecule has 1 heterocycles. The lowest BCUT2D eigenvalue weighted by Gasteiger charge is -2.19. The van der Waals surface area contributed by atoms with E-state index >= 15 is 0 Å². The summed E-state index contributed by atoms with van der Waals surface area (Å²) in [4.78, 5) is 0. The molecule has 0 atom stereocenters. The van der Waals surface area contributed by atoms with E-state index in [-0.39, 0.29) is 0 Å². The summed E-state index contributed by atoms with van der Waals surface area (Å²) in [6.07, 6.45) is 0. The minimum Gasteiger partial charge on any atom is -0.455 e. The zero-order chi connectivity index (χ0) is 34.9. The topological polar surface area (TPSA) is 13.1 Å². The zero-order valence-corrected chi connectivity index (χ0v) is 28.9. The van der Waals surface area contributed by atoms with Crippen LogP contribution in [0.2, 0.25) is 0 Å². The molecule has 0 N–H and O–H groups in total. The molecule has 0 bridgehead atoms. The van der Waals surface area contributed by atoms with Gasteiger partial charge in [-0.1, -0.05) is 164 Å². The smallest absolute Gasteiger partial charge is 0.143 e. The molecule has 0 spiro atoms. The minimum absolute atomic E-state index is 0.903. The lowest BCUT2D eigenvalue weighted by Crippen LogP contribution is -1.92. The van der Waals surface area contributed by atoms with E-state index in [1.165, 1.54) is 65.3 Å². The number of para-hydroxylation sites is 1. The van der Waals surface area contributed by atoms with Crippen LogP contribution in [0.4, 0.5) is 0 Å². The van der Waals surface area contributed by atoms with Crippen LogP contribution in [0.1, 0.15) is 0 Å². The molecule has 0 radical (unpaired) electrons. The molecule has 1 heteroatoms. The summed E-state index contributed by atoms with van der Waals surface area (Å²) in [6.45, 7) is 0. The van der Waals surface area contributed by atoms with Gasteiger partial charge < -0.3 is 4.42 Å². The number of hydrogen-bond donors (Lipinski definition) is 0. The summed E-state index contributed by atoms with van der Waals surface area (Å²) in [5.74, 6) is 0. The first-order chi connectivity index (χ1) is 26.3. The van der Waals surface area contributed by atoms with Gasteiger partial charge in [-0.2, -0.15) is 0 Å². The summed E-state index contributed by atoms with van der Waals surface area (Å²) in [5, 5.41) is 12.2. The van der Waals surface area contributed by atoms with Crippen molar-refractivity contribution in [2.75, 3.05) is 0 Å². The molecule has 0 unspecified atom stereocenters. The summed E-state index contributed by atoms with van der Waals surface area (Å²) >= 11 is 0. The van der Waals surface area contributed by atoms with Gasteiger partial charge in [-0.05, 0) is 112 Å². The fraction of sp³-hybridized carbons (Fsp3) is 0. The van der Waals surface area contributed by atoms with Crippen molar-refractivity contribution in [1.29, 1.82) is 0 Å². The molecular formula is C52H32O. The quantitative estimate of drug-likeness (QED) is 0.170. The van der Waals surface area contributed by atoms with Crippen LogP contribution in [0.15, 0.2) is 199 Å². The van der Waals surface area contributed by atoms with Gasteiger partial charge in [-0.3, -0.25) is 0 Å². The van der Waals surface area contributed by atoms with Crippen molar-refractivity contribution < 1.29 is 4.42 Å². The second-order valence-corrected chi connectivity index (χ2v) is 14.0. The molecule has 0 aliphatic rings. The first-order valence-corrected chi connectivity index (χ1v) is 18.3. The van der Waals surface area contributed by atoms with Gasteiger partial charge >= 0.3 is 0 Å². The molecule has 0 saturated carbocycles. The molecule has 10 aromatic carbocycles. The van der Waals surface area contributed by atoms with E-state index < -0.39 is 0 Å². The van der Waals surface area contributed by atoms with E-state index in [1.807, 2.05) is 6.07 Å². The standard InChI is InChI=1S/C52H32O/c1-3-14-35-30-39(26-24-33(35)12-1)50-45-21-7-5-19-43(45)49(44-20-6-8-22-46(44)50)38-17-11-16-37(32-38)41-28-29-47-42-18-9-10-23-48(42)53-52(47)51(41)40-27-25-34-13-2-4-15-36(34)31-40/h1-32H. The van der Waals surface area contributed by atoms with E-state index in [4.69, 9.17) is 4.42 Å². The molecule has 0 saturated heterocycles. The van der Waals surface area contributed by atoms with Crippen LogP contribution < -0.4 is 0 Å². The monoisotopic (exact) mass is 672 g/mol. The number of furan rings is 1. The molecule has 11 rings (SSSR count). The van der Waals surface area contributed by atoms with E-state index in [0.717, 1.165) is 44.2 Å². The first-order valence-electron chi connectivity index (χ1n) is 18.3. The summed E-state index contributed by atoms with van der Waals surface area (Å²) < 4.78 is 6.72. The number of fused-ring (bicyclic) bond motifs is 7. The fourth-order valence-electron chi connectivity index (χ4n) is 8.60. The maximum atomic E-state index is 6.72. The highest BCUT2D eigenvalue weighted by molar-refractivity contribution is 6.22. The van der Waals surface area contributed by atoms with Crippen molar-refractivity contribution in [2.24, 2.45) is 0 Å². The third kappa shape index (κ3) is 4.71. The molecule has 53 heavy (non-hydrogen) atoms.